The topological polar surface area (TPSA) is 95.0 Å². The molecule has 1 aliphatic heterocycles. The molecule has 1 unspecified atom stereocenters. The van der Waals surface area contributed by atoms with E-state index >= 15 is 0 Å². The van der Waals surface area contributed by atoms with E-state index in [4.69, 9.17) is 5.11 Å². The molecular weight excluding hydrogens is 296 g/mol. The fourth-order valence-electron chi connectivity index (χ4n) is 2.13. The Bertz CT molecular complexity index is 666. The quantitative estimate of drug-likeness (QED) is 0.867. The lowest BCUT2D eigenvalue weighted by molar-refractivity contribution is -0.141. The van der Waals surface area contributed by atoms with Crippen LogP contribution in [0.25, 0.3) is 0 Å². The Balaban J connectivity index is 2.25. The Labute approximate surface area is 122 Å². The number of rotatable bonds is 4. The predicted molar refractivity (Wildman–Crippen MR) is 75.4 cm³/mol. The van der Waals surface area contributed by atoms with Gasteiger partial charge in [-0.2, -0.15) is 0 Å². The lowest BCUT2D eigenvalue weighted by atomic mass is 10.1. The number of sulfonamides is 1. The monoisotopic (exact) mass is 312 g/mol. The highest BCUT2D eigenvalue weighted by Gasteiger charge is 2.35. The summed E-state index contributed by atoms with van der Waals surface area (Å²) >= 11 is 0. The number of benzene rings is 1. The number of aliphatic carboxylic acids is 1. The van der Waals surface area contributed by atoms with Gasteiger partial charge in [-0.1, -0.05) is 0 Å². The molecule has 0 bridgehead atoms. The van der Waals surface area contributed by atoms with E-state index in [0.717, 1.165) is 4.31 Å². The number of hydrogen-bond acceptors (Lipinski definition) is 4. The zero-order chi connectivity index (χ0) is 15.8. The number of carbonyl (C=O) groups excluding carboxylic acids is 1. The van der Waals surface area contributed by atoms with Gasteiger partial charge in [0.05, 0.1) is 10.8 Å². The number of carboxylic acids is 1. The van der Waals surface area contributed by atoms with Gasteiger partial charge in [0.25, 0.3) is 0 Å². The van der Waals surface area contributed by atoms with E-state index in [1.165, 1.54) is 43.3 Å². The third-order valence-corrected chi connectivity index (χ3v) is 5.23. The van der Waals surface area contributed by atoms with Gasteiger partial charge in [0.15, 0.2) is 0 Å². The van der Waals surface area contributed by atoms with Crippen molar-refractivity contribution >= 4 is 27.6 Å². The summed E-state index contributed by atoms with van der Waals surface area (Å²) in [7, 11) is -0.649. The van der Waals surface area contributed by atoms with Crippen LogP contribution in [0.15, 0.2) is 29.2 Å². The molecule has 1 aromatic rings. The minimum Gasteiger partial charge on any atom is -0.481 e. The van der Waals surface area contributed by atoms with E-state index in [1.807, 2.05) is 0 Å². The zero-order valence-corrected chi connectivity index (χ0v) is 12.5. The summed E-state index contributed by atoms with van der Waals surface area (Å²) in [4.78, 5) is 24.2. The molecule has 0 aliphatic carbocycles. The van der Waals surface area contributed by atoms with Gasteiger partial charge in [-0.15, -0.1) is 0 Å². The van der Waals surface area contributed by atoms with E-state index in [-0.39, 0.29) is 23.8 Å². The van der Waals surface area contributed by atoms with Crippen LogP contribution < -0.4 is 4.90 Å². The molecule has 1 amide bonds. The van der Waals surface area contributed by atoms with Gasteiger partial charge in [-0.3, -0.25) is 9.59 Å². The molecule has 0 aromatic heterocycles. The Morgan fingerprint density at radius 1 is 1.29 bits per heavy atom. The molecule has 2 rings (SSSR count). The SMILES string of the molecule is CN(C)S(=O)(=O)c1ccc(N2CC(C(=O)O)CC2=O)cc1. The van der Waals surface area contributed by atoms with E-state index in [1.54, 1.807) is 0 Å². The molecule has 1 heterocycles. The predicted octanol–water partition coefficient (Wildman–Crippen LogP) is 0.374. The van der Waals surface area contributed by atoms with Crippen LogP contribution in [0.3, 0.4) is 0 Å². The van der Waals surface area contributed by atoms with Crippen LogP contribution in [-0.4, -0.2) is 50.3 Å². The molecule has 114 valence electrons. The lowest BCUT2D eigenvalue weighted by Gasteiger charge is -2.17. The Morgan fingerprint density at radius 2 is 1.86 bits per heavy atom. The largest absolute Gasteiger partial charge is 0.481 e. The van der Waals surface area contributed by atoms with Gasteiger partial charge in [0.1, 0.15) is 0 Å². The van der Waals surface area contributed by atoms with Crippen molar-refractivity contribution in [3.63, 3.8) is 0 Å². The van der Waals surface area contributed by atoms with Crippen molar-refractivity contribution in [3.05, 3.63) is 24.3 Å². The van der Waals surface area contributed by atoms with Crippen molar-refractivity contribution in [1.29, 1.82) is 0 Å². The summed E-state index contributed by atoms with van der Waals surface area (Å²) in [6.45, 7) is 0.105. The van der Waals surface area contributed by atoms with Gasteiger partial charge in [-0.25, -0.2) is 12.7 Å². The molecule has 0 saturated carbocycles. The first-order valence-electron chi connectivity index (χ1n) is 6.29. The van der Waals surface area contributed by atoms with Crippen LogP contribution in [0.1, 0.15) is 6.42 Å². The van der Waals surface area contributed by atoms with Crippen LogP contribution in [0.5, 0.6) is 0 Å². The Morgan fingerprint density at radius 3 is 2.29 bits per heavy atom. The third-order valence-electron chi connectivity index (χ3n) is 3.40. The maximum Gasteiger partial charge on any atom is 0.308 e. The van der Waals surface area contributed by atoms with Crippen LogP contribution in [-0.2, 0) is 19.6 Å². The molecule has 1 aromatic carbocycles. The Hall–Kier alpha value is -1.93. The molecule has 1 saturated heterocycles. The fourth-order valence-corrected chi connectivity index (χ4v) is 3.03. The second kappa shape index (κ2) is 5.45. The van der Waals surface area contributed by atoms with Crippen molar-refractivity contribution < 1.29 is 23.1 Å². The summed E-state index contributed by atoms with van der Waals surface area (Å²) in [6.07, 6.45) is -0.0346. The van der Waals surface area contributed by atoms with E-state index in [0.29, 0.717) is 5.69 Å². The van der Waals surface area contributed by atoms with E-state index < -0.39 is 21.9 Å². The van der Waals surface area contributed by atoms with Crippen LogP contribution in [0, 0.1) is 5.92 Å². The molecule has 1 N–H and O–H groups in total. The van der Waals surface area contributed by atoms with Gasteiger partial charge in [0.2, 0.25) is 15.9 Å². The number of nitrogens with zero attached hydrogens (tertiary/aromatic N) is 2. The standard InChI is InChI=1S/C13H16N2O5S/c1-14(2)21(19,20)11-5-3-10(4-6-11)15-8-9(13(17)18)7-12(15)16/h3-6,9H,7-8H2,1-2H3,(H,17,18). The number of carbonyl (C=O) groups is 2. The van der Waals surface area contributed by atoms with Crippen molar-refractivity contribution in [1.82, 2.24) is 4.31 Å². The molecule has 1 aliphatic rings. The first kappa shape index (κ1) is 15.5. The van der Waals surface area contributed by atoms with E-state index in [2.05, 4.69) is 0 Å². The summed E-state index contributed by atoms with van der Waals surface area (Å²) in [5.74, 6) is -1.99. The lowest BCUT2D eigenvalue weighted by Crippen LogP contribution is -2.26. The van der Waals surface area contributed by atoms with Crippen molar-refractivity contribution in [2.75, 3.05) is 25.5 Å². The molecule has 1 fully saturated rings. The molecule has 1 atom stereocenters. The summed E-state index contributed by atoms with van der Waals surface area (Å²) in [5.41, 5.74) is 0.501. The minimum absolute atomic E-state index is 0.0346. The maximum atomic E-state index is 11.9. The highest BCUT2D eigenvalue weighted by molar-refractivity contribution is 7.89. The maximum absolute atomic E-state index is 11.9. The number of amides is 1. The number of hydrogen-bond donors (Lipinski definition) is 1. The average Bonchev–Trinajstić information content (AvgIpc) is 2.81. The van der Waals surface area contributed by atoms with Crippen molar-refractivity contribution in [3.8, 4) is 0 Å². The smallest absolute Gasteiger partial charge is 0.308 e. The van der Waals surface area contributed by atoms with Crippen molar-refractivity contribution in [2.45, 2.75) is 11.3 Å². The van der Waals surface area contributed by atoms with Crippen LogP contribution >= 0.6 is 0 Å². The summed E-state index contributed by atoms with van der Waals surface area (Å²) < 4.78 is 25.0. The first-order chi connectivity index (χ1) is 9.73. The molecule has 21 heavy (non-hydrogen) atoms. The molecule has 0 spiro atoms. The summed E-state index contributed by atoms with van der Waals surface area (Å²) in [5, 5.41) is 8.94. The minimum atomic E-state index is -3.52. The first-order valence-corrected chi connectivity index (χ1v) is 7.73. The fraction of sp³-hybridized carbons (Fsp3) is 0.385. The normalized spacial score (nSPS) is 19.3. The van der Waals surface area contributed by atoms with Gasteiger partial charge >= 0.3 is 5.97 Å². The van der Waals surface area contributed by atoms with Crippen molar-refractivity contribution in [2.24, 2.45) is 5.92 Å². The van der Waals surface area contributed by atoms with Gasteiger partial charge < -0.3 is 10.0 Å². The highest BCUT2D eigenvalue weighted by Crippen LogP contribution is 2.26. The van der Waals surface area contributed by atoms with Gasteiger partial charge in [-0.05, 0) is 24.3 Å². The number of anilines is 1. The molecule has 8 heteroatoms. The third kappa shape index (κ3) is 2.91. The second-order valence-corrected chi connectivity index (χ2v) is 7.18. The Kier molecular flexibility index (Phi) is 4.02. The van der Waals surface area contributed by atoms with Gasteiger partial charge in [0, 0.05) is 32.7 Å². The number of carboxylic acid groups (broad SMARTS) is 1. The molecule has 0 radical (unpaired) electrons. The van der Waals surface area contributed by atoms with Crippen LogP contribution in [0.4, 0.5) is 5.69 Å². The summed E-state index contributed by atoms with van der Waals surface area (Å²) in [6, 6.07) is 5.84. The average molecular weight is 312 g/mol. The molecule has 7 nitrogen and oxygen atoms in total. The van der Waals surface area contributed by atoms with E-state index in [9.17, 15) is 18.0 Å². The second-order valence-electron chi connectivity index (χ2n) is 5.02. The zero-order valence-electron chi connectivity index (χ0n) is 11.7. The van der Waals surface area contributed by atoms with Crippen LogP contribution in [0.2, 0.25) is 0 Å². The highest BCUT2D eigenvalue weighted by atomic mass is 32.2. The molecular formula is C13H16N2O5S.